The van der Waals surface area contributed by atoms with Crippen LogP contribution in [0.1, 0.15) is 27.8 Å². The summed E-state index contributed by atoms with van der Waals surface area (Å²) in [7, 11) is 0. The van der Waals surface area contributed by atoms with Gasteiger partial charge in [0.05, 0.1) is 17.9 Å². The van der Waals surface area contributed by atoms with Gasteiger partial charge in [0.1, 0.15) is 5.69 Å². The number of amides is 1. The van der Waals surface area contributed by atoms with Gasteiger partial charge in [-0.05, 0) is 48.0 Å². The number of nitrogens with zero attached hydrogens (tertiary/aromatic N) is 1. The Bertz CT molecular complexity index is 1170. The van der Waals surface area contributed by atoms with Crippen LogP contribution in [-0.4, -0.2) is 28.7 Å². The van der Waals surface area contributed by atoms with E-state index in [4.69, 9.17) is 4.74 Å². The monoisotopic (exact) mass is 385 g/mol. The van der Waals surface area contributed by atoms with Crippen molar-refractivity contribution >= 4 is 28.3 Å². The lowest BCUT2D eigenvalue weighted by molar-refractivity contribution is 0.0526. The number of fused-ring (bicyclic) bond motifs is 1. The van der Waals surface area contributed by atoms with Gasteiger partial charge in [0.2, 0.25) is 0 Å². The number of anilines is 1. The summed E-state index contributed by atoms with van der Waals surface area (Å²) in [6.45, 7) is 2.07. The number of aromatic nitrogens is 2. The van der Waals surface area contributed by atoms with Crippen molar-refractivity contribution in [2.45, 2.75) is 6.92 Å². The van der Waals surface area contributed by atoms with Crippen molar-refractivity contribution in [1.82, 2.24) is 10.2 Å². The number of nitrogens with one attached hydrogen (secondary N) is 2. The Morgan fingerprint density at radius 3 is 2.55 bits per heavy atom. The van der Waals surface area contributed by atoms with E-state index >= 15 is 0 Å². The second kappa shape index (κ2) is 7.98. The Balaban J connectivity index is 1.52. The first-order valence-electron chi connectivity index (χ1n) is 9.28. The van der Waals surface area contributed by atoms with Crippen LogP contribution < -0.4 is 5.32 Å². The van der Waals surface area contributed by atoms with Gasteiger partial charge in [0.25, 0.3) is 5.91 Å². The molecule has 144 valence electrons. The molecule has 4 rings (SSSR count). The molecule has 0 aliphatic heterocycles. The lowest BCUT2D eigenvalue weighted by Gasteiger charge is -2.05. The van der Waals surface area contributed by atoms with Crippen molar-refractivity contribution in [3.05, 3.63) is 84.1 Å². The van der Waals surface area contributed by atoms with Gasteiger partial charge in [0.15, 0.2) is 0 Å². The first-order chi connectivity index (χ1) is 14.2. The molecular formula is C23H19N3O3. The zero-order chi connectivity index (χ0) is 20.2. The molecule has 1 amide bonds. The molecule has 3 aromatic carbocycles. The fourth-order valence-electron chi connectivity index (χ4n) is 3.13. The molecule has 4 aromatic rings. The number of ether oxygens (including phenoxy) is 1. The van der Waals surface area contributed by atoms with Crippen LogP contribution in [-0.2, 0) is 4.74 Å². The number of rotatable bonds is 5. The summed E-state index contributed by atoms with van der Waals surface area (Å²) in [5, 5.41) is 12.1. The predicted molar refractivity (Wildman–Crippen MR) is 112 cm³/mol. The summed E-state index contributed by atoms with van der Waals surface area (Å²) >= 11 is 0. The van der Waals surface area contributed by atoms with Crippen molar-refractivity contribution < 1.29 is 14.3 Å². The second-order valence-corrected chi connectivity index (χ2v) is 6.45. The number of carbonyl (C=O) groups excluding carboxylic acids is 2. The van der Waals surface area contributed by atoms with E-state index in [1.165, 1.54) is 0 Å². The van der Waals surface area contributed by atoms with Crippen LogP contribution in [0, 0.1) is 0 Å². The minimum atomic E-state index is -0.390. The van der Waals surface area contributed by atoms with E-state index < -0.39 is 5.97 Å². The Kier molecular flexibility index (Phi) is 5.07. The Hall–Kier alpha value is -3.93. The van der Waals surface area contributed by atoms with Gasteiger partial charge in [-0.25, -0.2) is 4.79 Å². The highest BCUT2D eigenvalue weighted by molar-refractivity contribution is 6.04. The molecule has 0 aliphatic carbocycles. The number of H-pyrrole nitrogens is 1. The van der Waals surface area contributed by atoms with Crippen molar-refractivity contribution in [1.29, 1.82) is 0 Å². The van der Waals surface area contributed by atoms with Crippen molar-refractivity contribution in [2.75, 3.05) is 11.9 Å². The summed E-state index contributed by atoms with van der Waals surface area (Å²) in [4.78, 5) is 24.3. The maximum absolute atomic E-state index is 12.6. The maximum atomic E-state index is 12.6. The third-order valence-corrected chi connectivity index (χ3v) is 4.54. The highest BCUT2D eigenvalue weighted by Gasteiger charge is 2.13. The van der Waals surface area contributed by atoms with Gasteiger partial charge in [-0.1, -0.05) is 42.5 Å². The van der Waals surface area contributed by atoms with Gasteiger partial charge >= 0.3 is 5.97 Å². The van der Waals surface area contributed by atoms with Crippen LogP contribution in [0.4, 0.5) is 5.69 Å². The van der Waals surface area contributed by atoms with Crippen molar-refractivity contribution in [3.63, 3.8) is 0 Å². The molecule has 29 heavy (non-hydrogen) atoms. The molecule has 0 unspecified atom stereocenters. The van der Waals surface area contributed by atoms with E-state index in [1.807, 2.05) is 42.5 Å². The molecule has 0 bridgehead atoms. The smallest absolute Gasteiger partial charge is 0.338 e. The van der Waals surface area contributed by atoms with Crippen molar-refractivity contribution in [3.8, 4) is 11.3 Å². The average molecular weight is 385 g/mol. The van der Waals surface area contributed by atoms with E-state index in [-0.39, 0.29) is 5.91 Å². The molecule has 0 spiro atoms. The quantitative estimate of drug-likeness (QED) is 0.490. The molecule has 0 radical (unpaired) electrons. The van der Waals surface area contributed by atoms with E-state index in [2.05, 4.69) is 15.5 Å². The third kappa shape index (κ3) is 3.87. The highest BCUT2D eigenvalue weighted by Crippen LogP contribution is 2.27. The van der Waals surface area contributed by atoms with Gasteiger partial charge in [-0.15, -0.1) is 0 Å². The van der Waals surface area contributed by atoms with Gasteiger partial charge in [0, 0.05) is 11.3 Å². The number of hydrogen-bond acceptors (Lipinski definition) is 4. The Morgan fingerprint density at radius 2 is 1.76 bits per heavy atom. The molecule has 0 aliphatic rings. The number of hydrogen-bond donors (Lipinski definition) is 2. The Morgan fingerprint density at radius 1 is 1.00 bits per heavy atom. The van der Waals surface area contributed by atoms with Gasteiger partial charge < -0.3 is 10.1 Å². The minimum absolute atomic E-state index is 0.312. The predicted octanol–water partition coefficient (Wildman–Crippen LogP) is 4.66. The standard InChI is InChI=1S/C23H19N3O3/c1-2-29-23(28)16-10-12-17(13-11-16)24-22(27)21-14-20(25-26-21)19-9-5-7-15-6-3-4-8-18(15)19/h3-14H,2H2,1H3,(H,24,27)(H,25,26). The molecular weight excluding hydrogens is 366 g/mol. The highest BCUT2D eigenvalue weighted by atomic mass is 16.5. The van der Waals surface area contributed by atoms with E-state index in [9.17, 15) is 9.59 Å². The van der Waals surface area contributed by atoms with Gasteiger partial charge in [-0.2, -0.15) is 5.10 Å². The lowest BCUT2D eigenvalue weighted by Crippen LogP contribution is -2.12. The summed E-state index contributed by atoms with van der Waals surface area (Å²) in [6, 6.07) is 22.3. The van der Waals surface area contributed by atoms with Crippen LogP contribution in [0.15, 0.2) is 72.8 Å². The van der Waals surface area contributed by atoms with Crippen molar-refractivity contribution in [2.24, 2.45) is 0 Å². The zero-order valence-corrected chi connectivity index (χ0v) is 15.8. The zero-order valence-electron chi connectivity index (χ0n) is 15.8. The number of benzene rings is 3. The molecule has 1 heterocycles. The lowest BCUT2D eigenvalue weighted by atomic mass is 10.0. The third-order valence-electron chi connectivity index (χ3n) is 4.54. The second-order valence-electron chi connectivity index (χ2n) is 6.45. The molecule has 6 nitrogen and oxygen atoms in total. The fraction of sp³-hybridized carbons (Fsp3) is 0.0870. The minimum Gasteiger partial charge on any atom is -0.462 e. The molecule has 6 heteroatoms. The number of carbonyl (C=O) groups is 2. The van der Waals surface area contributed by atoms with Crippen LogP contribution in [0.2, 0.25) is 0 Å². The van der Waals surface area contributed by atoms with Crippen LogP contribution in [0.25, 0.3) is 22.0 Å². The van der Waals surface area contributed by atoms with E-state index in [1.54, 1.807) is 37.3 Å². The van der Waals surface area contributed by atoms with E-state index in [0.29, 0.717) is 29.2 Å². The molecule has 2 N–H and O–H groups in total. The summed E-state index contributed by atoms with van der Waals surface area (Å²) in [5.41, 5.74) is 3.01. The normalized spacial score (nSPS) is 10.7. The summed E-state index contributed by atoms with van der Waals surface area (Å²) in [5.74, 6) is -0.702. The molecule has 0 saturated heterocycles. The molecule has 1 aromatic heterocycles. The Labute approximate surface area is 167 Å². The SMILES string of the molecule is CCOC(=O)c1ccc(NC(=O)c2cc(-c3cccc4ccccc34)n[nH]2)cc1. The fourth-order valence-corrected chi connectivity index (χ4v) is 3.13. The summed E-state index contributed by atoms with van der Waals surface area (Å²) in [6.07, 6.45) is 0. The summed E-state index contributed by atoms with van der Waals surface area (Å²) < 4.78 is 4.95. The van der Waals surface area contributed by atoms with Crippen LogP contribution >= 0.6 is 0 Å². The molecule has 0 atom stereocenters. The molecule has 0 saturated carbocycles. The number of aromatic amines is 1. The number of esters is 1. The van der Waals surface area contributed by atoms with E-state index in [0.717, 1.165) is 16.3 Å². The average Bonchev–Trinajstić information content (AvgIpc) is 3.24. The van der Waals surface area contributed by atoms with Crippen LogP contribution in [0.5, 0.6) is 0 Å². The maximum Gasteiger partial charge on any atom is 0.338 e. The molecule has 0 fully saturated rings. The largest absolute Gasteiger partial charge is 0.462 e. The van der Waals surface area contributed by atoms with Gasteiger partial charge in [-0.3, -0.25) is 9.89 Å². The topological polar surface area (TPSA) is 84.1 Å². The first-order valence-corrected chi connectivity index (χ1v) is 9.28. The van der Waals surface area contributed by atoms with Crippen LogP contribution in [0.3, 0.4) is 0 Å². The first kappa shape index (κ1) is 18.4.